The van der Waals surface area contributed by atoms with Crippen LogP contribution in [0, 0.1) is 0 Å². The number of fused-ring (bicyclic) bond motifs is 1. The lowest BCUT2D eigenvalue weighted by molar-refractivity contribution is -0.115. The van der Waals surface area contributed by atoms with Crippen molar-refractivity contribution >= 4 is 40.0 Å². The lowest BCUT2D eigenvalue weighted by Gasteiger charge is -2.07. The van der Waals surface area contributed by atoms with E-state index in [1.807, 2.05) is 42.5 Å². The van der Waals surface area contributed by atoms with E-state index in [0.29, 0.717) is 40.3 Å². The van der Waals surface area contributed by atoms with E-state index >= 15 is 0 Å². The maximum absolute atomic E-state index is 12.8. The first-order chi connectivity index (χ1) is 18.0. The molecule has 182 valence electrons. The Balaban J connectivity index is 1.28. The van der Waals surface area contributed by atoms with E-state index in [4.69, 9.17) is 0 Å². The van der Waals surface area contributed by atoms with Crippen LogP contribution in [0.15, 0.2) is 97.1 Å². The molecule has 0 atom stereocenters. The minimum absolute atomic E-state index is 0.0425. The van der Waals surface area contributed by atoms with Crippen molar-refractivity contribution < 1.29 is 14.4 Å². The van der Waals surface area contributed by atoms with Gasteiger partial charge in [0.1, 0.15) is 5.82 Å². The molecule has 37 heavy (non-hydrogen) atoms. The summed E-state index contributed by atoms with van der Waals surface area (Å²) in [6.45, 7) is 1.78. The van der Waals surface area contributed by atoms with Crippen molar-refractivity contribution in [3.05, 3.63) is 114 Å². The summed E-state index contributed by atoms with van der Waals surface area (Å²) in [4.78, 5) is 44.8. The van der Waals surface area contributed by atoms with Crippen LogP contribution >= 0.6 is 0 Å². The SMILES string of the molecule is CCC(=O)Nc1ccc(C(=O)Nc2ccc(-c3nc4ccc(C(=O)c5ccccc5)cc4[nH]3)cc2)cc1. The maximum Gasteiger partial charge on any atom is 0.255 e. The van der Waals surface area contributed by atoms with Crippen molar-refractivity contribution in [3.8, 4) is 11.4 Å². The number of H-pyrrole nitrogens is 1. The van der Waals surface area contributed by atoms with Gasteiger partial charge in [0.15, 0.2) is 5.78 Å². The summed E-state index contributed by atoms with van der Waals surface area (Å²) in [5.74, 6) is 0.296. The van der Waals surface area contributed by atoms with Crippen molar-refractivity contribution in [1.82, 2.24) is 9.97 Å². The first kappa shape index (κ1) is 23.7. The average molecular weight is 489 g/mol. The molecular formula is C30H24N4O3. The summed E-state index contributed by atoms with van der Waals surface area (Å²) in [5, 5.41) is 5.63. The lowest BCUT2D eigenvalue weighted by atomic mass is 10.0. The van der Waals surface area contributed by atoms with Gasteiger partial charge >= 0.3 is 0 Å². The second-order valence-corrected chi connectivity index (χ2v) is 8.52. The minimum atomic E-state index is -0.250. The van der Waals surface area contributed by atoms with Gasteiger partial charge in [0.2, 0.25) is 5.91 Å². The second-order valence-electron chi connectivity index (χ2n) is 8.52. The van der Waals surface area contributed by atoms with E-state index in [0.717, 1.165) is 16.6 Å². The van der Waals surface area contributed by atoms with Gasteiger partial charge in [0.25, 0.3) is 5.91 Å². The molecule has 0 unspecified atom stereocenters. The van der Waals surface area contributed by atoms with Gasteiger partial charge in [-0.1, -0.05) is 37.3 Å². The van der Waals surface area contributed by atoms with Gasteiger partial charge in [-0.15, -0.1) is 0 Å². The number of amides is 2. The van der Waals surface area contributed by atoms with Gasteiger partial charge in [0, 0.05) is 40.0 Å². The molecule has 7 heteroatoms. The normalized spacial score (nSPS) is 10.7. The highest BCUT2D eigenvalue weighted by atomic mass is 16.2. The number of aromatic nitrogens is 2. The molecule has 7 nitrogen and oxygen atoms in total. The zero-order valence-corrected chi connectivity index (χ0v) is 20.1. The van der Waals surface area contributed by atoms with Gasteiger partial charge in [-0.2, -0.15) is 0 Å². The minimum Gasteiger partial charge on any atom is -0.338 e. The highest BCUT2D eigenvalue weighted by Crippen LogP contribution is 2.24. The average Bonchev–Trinajstić information content (AvgIpc) is 3.37. The Morgan fingerprint density at radius 3 is 2.08 bits per heavy atom. The van der Waals surface area contributed by atoms with Crippen LogP contribution in [0.4, 0.5) is 11.4 Å². The van der Waals surface area contributed by atoms with Crippen LogP contribution in [-0.2, 0) is 4.79 Å². The number of anilines is 2. The number of imidazole rings is 1. The molecule has 1 heterocycles. The summed E-state index contributed by atoms with van der Waals surface area (Å²) in [5.41, 5.74) is 5.38. The number of hydrogen-bond acceptors (Lipinski definition) is 4. The van der Waals surface area contributed by atoms with Crippen LogP contribution in [0.5, 0.6) is 0 Å². The molecule has 1 aromatic heterocycles. The zero-order chi connectivity index (χ0) is 25.8. The quantitative estimate of drug-likeness (QED) is 0.242. The molecule has 0 aliphatic heterocycles. The molecule has 0 saturated heterocycles. The number of aromatic amines is 1. The third kappa shape index (κ3) is 5.31. The molecule has 4 aromatic carbocycles. The molecule has 0 bridgehead atoms. The third-order valence-corrected chi connectivity index (χ3v) is 5.95. The topological polar surface area (TPSA) is 104 Å². The van der Waals surface area contributed by atoms with Crippen LogP contribution in [0.3, 0.4) is 0 Å². The predicted octanol–water partition coefficient (Wildman–Crippen LogP) is 6.06. The van der Waals surface area contributed by atoms with E-state index < -0.39 is 0 Å². The number of rotatable bonds is 7. The third-order valence-electron chi connectivity index (χ3n) is 5.95. The molecule has 0 aliphatic carbocycles. The molecule has 0 fully saturated rings. The van der Waals surface area contributed by atoms with Gasteiger partial charge in [-0.05, 0) is 66.7 Å². The van der Waals surface area contributed by atoms with Crippen molar-refractivity contribution in [2.45, 2.75) is 13.3 Å². The molecule has 0 radical (unpaired) electrons. The Hall–Kier alpha value is -5.04. The predicted molar refractivity (Wildman–Crippen MR) is 145 cm³/mol. The summed E-state index contributed by atoms with van der Waals surface area (Å²) < 4.78 is 0. The lowest BCUT2D eigenvalue weighted by Crippen LogP contribution is -2.13. The first-order valence-electron chi connectivity index (χ1n) is 11.9. The molecule has 0 aliphatic rings. The second kappa shape index (κ2) is 10.3. The Bertz CT molecular complexity index is 1590. The van der Waals surface area contributed by atoms with Crippen LogP contribution in [-0.4, -0.2) is 27.6 Å². The van der Waals surface area contributed by atoms with E-state index in [1.165, 1.54) is 0 Å². The Labute approximate surface area is 213 Å². The highest BCUT2D eigenvalue weighted by molar-refractivity contribution is 6.10. The van der Waals surface area contributed by atoms with Crippen LogP contribution in [0.25, 0.3) is 22.4 Å². The number of carbonyl (C=O) groups is 3. The molecule has 0 spiro atoms. The largest absolute Gasteiger partial charge is 0.338 e. The number of carbonyl (C=O) groups excluding carboxylic acids is 3. The highest BCUT2D eigenvalue weighted by Gasteiger charge is 2.12. The smallest absolute Gasteiger partial charge is 0.255 e. The summed E-state index contributed by atoms with van der Waals surface area (Å²) in [6.07, 6.45) is 0.390. The van der Waals surface area contributed by atoms with Gasteiger partial charge < -0.3 is 15.6 Å². The van der Waals surface area contributed by atoms with Crippen molar-refractivity contribution in [1.29, 1.82) is 0 Å². The number of nitrogens with one attached hydrogen (secondary N) is 3. The van der Waals surface area contributed by atoms with Gasteiger partial charge in [-0.25, -0.2) is 4.98 Å². The van der Waals surface area contributed by atoms with Gasteiger partial charge in [0.05, 0.1) is 11.0 Å². The van der Waals surface area contributed by atoms with Crippen molar-refractivity contribution in [3.63, 3.8) is 0 Å². The zero-order valence-electron chi connectivity index (χ0n) is 20.1. The maximum atomic E-state index is 12.8. The summed E-state index contributed by atoms with van der Waals surface area (Å²) in [7, 11) is 0. The Morgan fingerprint density at radius 2 is 1.38 bits per heavy atom. The fraction of sp³-hybridized carbons (Fsp3) is 0.0667. The number of benzene rings is 4. The first-order valence-corrected chi connectivity index (χ1v) is 11.9. The number of nitrogens with zero attached hydrogens (tertiary/aromatic N) is 1. The van der Waals surface area contributed by atoms with E-state index in [9.17, 15) is 14.4 Å². The van der Waals surface area contributed by atoms with Crippen LogP contribution < -0.4 is 10.6 Å². The van der Waals surface area contributed by atoms with E-state index in [1.54, 1.807) is 61.5 Å². The van der Waals surface area contributed by atoms with Crippen molar-refractivity contribution in [2.75, 3.05) is 10.6 Å². The fourth-order valence-electron chi connectivity index (χ4n) is 3.91. The molecular weight excluding hydrogens is 464 g/mol. The molecule has 2 amide bonds. The molecule has 5 aromatic rings. The number of hydrogen-bond donors (Lipinski definition) is 3. The van der Waals surface area contributed by atoms with Gasteiger partial charge in [-0.3, -0.25) is 14.4 Å². The van der Waals surface area contributed by atoms with E-state index in [2.05, 4.69) is 20.6 Å². The standard InChI is InChI=1S/C30H24N4O3/c1-2-27(35)31-23-15-10-21(11-16-23)30(37)32-24-13-8-20(9-14-24)29-33-25-17-12-22(18-26(25)34-29)28(36)19-6-4-3-5-7-19/h3-18H,2H2,1H3,(H,31,35)(H,32,37)(H,33,34). The molecule has 0 saturated carbocycles. The fourth-order valence-corrected chi connectivity index (χ4v) is 3.91. The van der Waals surface area contributed by atoms with Crippen LogP contribution in [0.1, 0.15) is 39.6 Å². The van der Waals surface area contributed by atoms with E-state index in [-0.39, 0.29) is 17.6 Å². The summed E-state index contributed by atoms with van der Waals surface area (Å²) >= 11 is 0. The Morgan fingerprint density at radius 1 is 0.730 bits per heavy atom. The van der Waals surface area contributed by atoms with Crippen molar-refractivity contribution in [2.24, 2.45) is 0 Å². The monoisotopic (exact) mass is 488 g/mol. The molecule has 5 rings (SSSR count). The summed E-state index contributed by atoms with van der Waals surface area (Å²) in [6, 6.07) is 28.7. The number of ketones is 1. The van der Waals surface area contributed by atoms with Crippen LogP contribution in [0.2, 0.25) is 0 Å². The molecule has 3 N–H and O–H groups in total. The Kier molecular flexibility index (Phi) is 6.59.